The highest BCUT2D eigenvalue weighted by Gasteiger charge is 2.08. The number of nitrogens with zero attached hydrogens (tertiary/aromatic N) is 2. The van der Waals surface area contributed by atoms with Gasteiger partial charge in [0.05, 0.1) is 0 Å². The molecule has 0 radical (unpaired) electrons. The van der Waals surface area contributed by atoms with Gasteiger partial charge in [-0.2, -0.15) is 5.10 Å². The number of alkyl halides is 1. The lowest BCUT2D eigenvalue weighted by Crippen LogP contribution is -2.00. The molecule has 68 valence electrons. The van der Waals surface area contributed by atoms with E-state index in [1.807, 2.05) is 11.7 Å². The molecule has 1 heterocycles. The first-order valence-corrected chi connectivity index (χ1v) is 5.79. The summed E-state index contributed by atoms with van der Waals surface area (Å²) >= 11 is 6.89. The molecule has 0 saturated heterocycles. The fourth-order valence-electron chi connectivity index (χ4n) is 1.08. The Labute approximate surface area is 89.6 Å². The molecule has 0 aliphatic rings. The van der Waals surface area contributed by atoms with E-state index in [0.717, 1.165) is 16.4 Å². The Morgan fingerprint density at radius 1 is 1.67 bits per heavy atom. The van der Waals surface area contributed by atoms with Gasteiger partial charge in [0.15, 0.2) is 0 Å². The number of rotatable bonds is 3. The van der Waals surface area contributed by atoms with Crippen LogP contribution in [0.15, 0.2) is 10.8 Å². The van der Waals surface area contributed by atoms with Crippen LogP contribution in [-0.4, -0.2) is 15.1 Å². The standard InChI is InChI=1S/C8H12Br2N2/c1-6(4-9)3-7-5-12(2)11-8(7)10/h5-6H,3-4H2,1-2H3. The molecule has 0 aliphatic heterocycles. The smallest absolute Gasteiger partial charge is 0.131 e. The summed E-state index contributed by atoms with van der Waals surface area (Å²) in [5.74, 6) is 0.658. The maximum Gasteiger partial charge on any atom is 0.131 e. The zero-order chi connectivity index (χ0) is 9.14. The van der Waals surface area contributed by atoms with Crippen LogP contribution in [0.5, 0.6) is 0 Å². The first kappa shape index (κ1) is 10.3. The largest absolute Gasteiger partial charge is 0.274 e. The molecule has 0 aromatic carbocycles. The fourth-order valence-corrected chi connectivity index (χ4v) is 1.82. The number of hydrogen-bond acceptors (Lipinski definition) is 1. The summed E-state index contributed by atoms with van der Waals surface area (Å²) in [4.78, 5) is 0. The SMILES string of the molecule is CC(CBr)Cc1cn(C)nc1Br. The molecule has 1 aromatic heterocycles. The molecule has 4 heteroatoms. The van der Waals surface area contributed by atoms with Gasteiger partial charge in [-0.15, -0.1) is 0 Å². The number of aryl methyl sites for hydroxylation is 1. The van der Waals surface area contributed by atoms with Crippen molar-refractivity contribution in [2.24, 2.45) is 13.0 Å². The van der Waals surface area contributed by atoms with Gasteiger partial charge in [0.2, 0.25) is 0 Å². The van der Waals surface area contributed by atoms with Crippen molar-refractivity contribution in [2.45, 2.75) is 13.3 Å². The van der Waals surface area contributed by atoms with E-state index in [1.165, 1.54) is 5.56 Å². The van der Waals surface area contributed by atoms with Crippen molar-refractivity contribution in [3.05, 3.63) is 16.4 Å². The average molecular weight is 296 g/mol. The Kier molecular flexibility index (Phi) is 3.77. The average Bonchev–Trinajstić information content (AvgIpc) is 2.30. The summed E-state index contributed by atoms with van der Waals surface area (Å²) in [6, 6.07) is 0. The summed E-state index contributed by atoms with van der Waals surface area (Å²) in [6.07, 6.45) is 3.13. The van der Waals surface area contributed by atoms with E-state index in [-0.39, 0.29) is 0 Å². The van der Waals surface area contributed by atoms with Gasteiger partial charge >= 0.3 is 0 Å². The van der Waals surface area contributed by atoms with Crippen molar-refractivity contribution in [1.29, 1.82) is 0 Å². The minimum Gasteiger partial charge on any atom is -0.274 e. The zero-order valence-corrected chi connectivity index (χ0v) is 10.4. The van der Waals surface area contributed by atoms with Crippen LogP contribution in [0.25, 0.3) is 0 Å². The highest BCUT2D eigenvalue weighted by molar-refractivity contribution is 9.10. The molecule has 0 saturated carbocycles. The lowest BCUT2D eigenvalue weighted by Gasteiger charge is -2.04. The Bertz CT molecular complexity index is 258. The summed E-state index contributed by atoms with van der Waals surface area (Å²) < 4.78 is 2.80. The second-order valence-electron chi connectivity index (χ2n) is 3.08. The molecule has 2 nitrogen and oxygen atoms in total. The van der Waals surface area contributed by atoms with Crippen molar-refractivity contribution in [3.63, 3.8) is 0 Å². The maximum atomic E-state index is 4.22. The third kappa shape index (κ3) is 2.59. The summed E-state index contributed by atoms with van der Waals surface area (Å²) in [5.41, 5.74) is 1.28. The number of halogens is 2. The second kappa shape index (κ2) is 4.42. The Morgan fingerprint density at radius 2 is 2.33 bits per heavy atom. The maximum absolute atomic E-state index is 4.22. The minimum absolute atomic E-state index is 0.658. The Balaban J connectivity index is 2.68. The molecular formula is C8H12Br2N2. The lowest BCUT2D eigenvalue weighted by molar-refractivity contribution is 0.661. The van der Waals surface area contributed by atoms with E-state index in [4.69, 9.17) is 0 Å². The van der Waals surface area contributed by atoms with Gasteiger partial charge in [-0.25, -0.2) is 0 Å². The van der Waals surface area contributed by atoms with Gasteiger partial charge in [-0.1, -0.05) is 22.9 Å². The van der Waals surface area contributed by atoms with Crippen LogP contribution >= 0.6 is 31.9 Å². The van der Waals surface area contributed by atoms with Crippen LogP contribution in [-0.2, 0) is 13.5 Å². The van der Waals surface area contributed by atoms with Crippen LogP contribution in [0.2, 0.25) is 0 Å². The highest BCUT2D eigenvalue weighted by atomic mass is 79.9. The molecule has 0 bridgehead atoms. The van der Waals surface area contributed by atoms with Crippen LogP contribution in [0.4, 0.5) is 0 Å². The third-order valence-electron chi connectivity index (χ3n) is 1.68. The van der Waals surface area contributed by atoms with Crippen molar-refractivity contribution in [1.82, 2.24) is 9.78 Å². The third-order valence-corrected chi connectivity index (χ3v) is 3.46. The van der Waals surface area contributed by atoms with Gasteiger partial charge in [0.1, 0.15) is 4.60 Å². The fraction of sp³-hybridized carbons (Fsp3) is 0.625. The van der Waals surface area contributed by atoms with Gasteiger partial charge in [-0.3, -0.25) is 4.68 Å². The van der Waals surface area contributed by atoms with Crippen molar-refractivity contribution in [3.8, 4) is 0 Å². The first-order chi connectivity index (χ1) is 5.63. The second-order valence-corrected chi connectivity index (χ2v) is 4.48. The number of aromatic nitrogens is 2. The molecule has 1 aromatic rings. The van der Waals surface area contributed by atoms with Gasteiger partial charge in [-0.05, 0) is 28.3 Å². The summed E-state index contributed by atoms with van der Waals surface area (Å²) in [6.45, 7) is 2.22. The van der Waals surface area contributed by atoms with Crippen LogP contribution in [0, 0.1) is 5.92 Å². The molecule has 0 aliphatic carbocycles. The van der Waals surface area contributed by atoms with Gasteiger partial charge < -0.3 is 0 Å². The molecule has 1 rings (SSSR count). The van der Waals surface area contributed by atoms with E-state index in [0.29, 0.717) is 5.92 Å². The van der Waals surface area contributed by atoms with E-state index in [2.05, 4.69) is 50.1 Å². The molecule has 0 N–H and O–H groups in total. The molecule has 1 unspecified atom stereocenters. The van der Waals surface area contributed by atoms with E-state index >= 15 is 0 Å². The van der Waals surface area contributed by atoms with Crippen molar-refractivity contribution >= 4 is 31.9 Å². The quantitative estimate of drug-likeness (QED) is 0.784. The zero-order valence-electron chi connectivity index (χ0n) is 7.22. The van der Waals surface area contributed by atoms with E-state index < -0.39 is 0 Å². The van der Waals surface area contributed by atoms with Crippen LogP contribution in [0.1, 0.15) is 12.5 Å². The summed E-state index contributed by atoms with van der Waals surface area (Å²) in [7, 11) is 1.94. The predicted molar refractivity (Wildman–Crippen MR) is 57.6 cm³/mol. The molecule has 0 amide bonds. The molecule has 1 atom stereocenters. The Morgan fingerprint density at radius 3 is 2.75 bits per heavy atom. The normalized spacial score (nSPS) is 13.3. The molecular weight excluding hydrogens is 284 g/mol. The Hall–Kier alpha value is 0.170. The molecule has 0 spiro atoms. The van der Waals surface area contributed by atoms with E-state index in [1.54, 1.807) is 0 Å². The van der Waals surface area contributed by atoms with Gasteiger partial charge in [0.25, 0.3) is 0 Å². The summed E-state index contributed by atoms with van der Waals surface area (Å²) in [5, 5.41) is 5.25. The lowest BCUT2D eigenvalue weighted by atomic mass is 10.1. The predicted octanol–water partition coefficient (Wildman–Crippen LogP) is 2.76. The molecule has 12 heavy (non-hydrogen) atoms. The van der Waals surface area contributed by atoms with Crippen LogP contribution < -0.4 is 0 Å². The van der Waals surface area contributed by atoms with Gasteiger partial charge in [0, 0.05) is 24.1 Å². The first-order valence-electron chi connectivity index (χ1n) is 3.87. The van der Waals surface area contributed by atoms with Crippen LogP contribution in [0.3, 0.4) is 0 Å². The monoisotopic (exact) mass is 294 g/mol. The van der Waals surface area contributed by atoms with Crippen molar-refractivity contribution in [2.75, 3.05) is 5.33 Å². The van der Waals surface area contributed by atoms with Crippen molar-refractivity contribution < 1.29 is 0 Å². The molecule has 0 fully saturated rings. The highest BCUT2D eigenvalue weighted by Crippen LogP contribution is 2.18. The minimum atomic E-state index is 0.658. The van der Waals surface area contributed by atoms with E-state index in [9.17, 15) is 0 Å². The topological polar surface area (TPSA) is 17.8 Å². The number of hydrogen-bond donors (Lipinski definition) is 0.